The van der Waals surface area contributed by atoms with Gasteiger partial charge in [-0.1, -0.05) is 11.6 Å². The van der Waals surface area contributed by atoms with Crippen LogP contribution in [0.3, 0.4) is 0 Å². The van der Waals surface area contributed by atoms with Crippen LogP contribution in [0.1, 0.15) is 16.8 Å². The highest BCUT2D eigenvalue weighted by molar-refractivity contribution is 6.30. The molecule has 2 nitrogen and oxygen atoms in total. The van der Waals surface area contributed by atoms with Gasteiger partial charge in [0, 0.05) is 23.7 Å². The van der Waals surface area contributed by atoms with Crippen molar-refractivity contribution < 1.29 is 4.79 Å². The van der Waals surface area contributed by atoms with Crippen LogP contribution in [-0.2, 0) is 0 Å². The topological polar surface area (TPSA) is 20.3 Å². The molecule has 1 aliphatic heterocycles. The first kappa shape index (κ1) is 10.8. The summed E-state index contributed by atoms with van der Waals surface area (Å²) >= 11 is 11.7. The molecule has 0 N–H and O–H groups in total. The first-order chi connectivity index (χ1) is 7.16. The predicted molar refractivity (Wildman–Crippen MR) is 61.6 cm³/mol. The van der Waals surface area contributed by atoms with Crippen LogP contribution in [0.4, 0.5) is 0 Å². The highest BCUT2D eigenvalue weighted by atomic mass is 35.5. The van der Waals surface area contributed by atoms with E-state index in [-0.39, 0.29) is 11.3 Å². The van der Waals surface area contributed by atoms with Crippen LogP contribution < -0.4 is 0 Å². The zero-order valence-corrected chi connectivity index (χ0v) is 9.63. The Morgan fingerprint density at radius 1 is 1.33 bits per heavy atom. The van der Waals surface area contributed by atoms with E-state index < -0.39 is 0 Å². The average molecular weight is 244 g/mol. The molecule has 1 aromatic rings. The maximum absolute atomic E-state index is 11.9. The lowest BCUT2D eigenvalue weighted by molar-refractivity contribution is 0.0793. The molecule has 2 rings (SSSR count). The molecule has 1 amide bonds. The monoisotopic (exact) mass is 243 g/mol. The molecule has 1 aliphatic rings. The minimum absolute atomic E-state index is 0.0369. The Morgan fingerprint density at radius 3 is 2.53 bits per heavy atom. The predicted octanol–water partition coefficient (Wildman–Crippen LogP) is 2.79. The highest BCUT2D eigenvalue weighted by Gasteiger charge is 2.25. The van der Waals surface area contributed by atoms with Crippen LogP contribution in [0.25, 0.3) is 0 Å². The molecule has 80 valence electrons. The second-order valence-corrected chi connectivity index (χ2v) is 4.70. The molecule has 15 heavy (non-hydrogen) atoms. The third kappa shape index (κ3) is 2.44. The third-order valence-corrected chi connectivity index (χ3v) is 3.12. The van der Waals surface area contributed by atoms with Gasteiger partial charge in [-0.3, -0.25) is 4.79 Å². The summed E-state index contributed by atoms with van der Waals surface area (Å²) in [7, 11) is 0. The lowest BCUT2D eigenvalue weighted by Gasteiger charge is -2.15. The molecular weight excluding hydrogens is 233 g/mol. The molecule has 1 saturated heterocycles. The molecule has 1 heterocycles. The maximum atomic E-state index is 11.9. The lowest BCUT2D eigenvalue weighted by atomic mass is 10.2. The van der Waals surface area contributed by atoms with Crippen molar-refractivity contribution in [3.05, 3.63) is 34.9 Å². The standard InChI is InChI=1S/C11H11Cl2NO/c12-9-3-1-8(2-4-9)11(15)14-6-5-10(13)7-14/h1-4,10H,5-7H2. The molecule has 0 aliphatic carbocycles. The van der Waals surface area contributed by atoms with Gasteiger partial charge < -0.3 is 4.90 Å². The zero-order chi connectivity index (χ0) is 10.8. The zero-order valence-electron chi connectivity index (χ0n) is 8.12. The molecule has 1 aromatic carbocycles. The molecule has 0 bridgehead atoms. The SMILES string of the molecule is O=C(c1ccc(Cl)cc1)N1CCC(Cl)C1. The van der Waals surface area contributed by atoms with Crippen molar-refractivity contribution in [2.45, 2.75) is 11.8 Å². The van der Waals surface area contributed by atoms with Gasteiger partial charge in [-0.05, 0) is 30.7 Å². The van der Waals surface area contributed by atoms with Crippen molar-refractivity contribution in [1.82, 2.24) is 4.90 Å². The third-order valence-electron chi connectivity index (χ3n) is 2.51. The maximum Gasteiger partial charge on any atom is 0.253 e. The minimum atomic E-state index is 0.0369. The number of likely N-dealkylation sites (tertiary alicyclic amines) is 1. The van der Waals surface area contributed by atoms with Crippen molar-refractivity contribution in [1.29, 1.82) is 0 Å². The normalized spacial score (nSPS) is 20.7. The van der Waals surface area contributed by atoms with Crippen molar-refractivity contribution in [2.75, 3.05) is 13.1 Å². The van der Waals surface area contributed by atoms with Crippen molar-refractivity contribution >= 4 is 29.1 Å². The number of hydrogen-bond acceptors (Lipinski definition) is 1. The molecule has 0 saturated carbocycles. The number of benzene rings is 1. The Balaban J connectivity index is 2.11. The Kier molecular flexibility index (Phi) is 3.17. The van der Waals surface area contributed by atoms with Crippen LogP contribution in [0.2, 0.25) is 5.02 Å². The number of halogens is 2. The van der Waals surface area contributed by atoms with Crippen molar-refractivity contribution in [2.24, 2.45) is 0 Å². The van der Waals surface area contributed by atoms with E-state index in [0.29, 0.717) is 17.1 Å². The second-order valence-electron chi connectivity index (χ2n) is 3.64. The Morgan fingerprint density at radius 2 is 2.00 bits per heavy atom. The summed E-state index contributed by atoms with van der Waals surface area (Å²) in [6.45, 7) is 1.39. The Bertz CT molecular complexity index is 363. The van der Waals surface area contributed by atoms with Crippen LogP contribution in [-0.4, -0.2) is 29.3 Å². The van der Waals surface area contributed by atoms with Gasteiger partial charge in [-0.15, -0.1) is 11.6 Å². The number of alkyl halides is 1. The van der Waals surface area contributed by atoms with E-state index in [1.807, 2.05) is 0 Å². The molecule has 0 radical (unpaired) electrons. The van der Waals surface area contributed by atoms with Gasteiger partial charge >= 0.3 is 0 Å². The van der Waals surface area contributed by atoms with Gasteiger partial charge in [0.2, 0.25) is 0 Å². The summed E-state index contributed by atoms with van der Waals surface area (Å²) in [5.74, 6) is 0.0369. The molecule has 4 heteroatoms. The molecule has 0 aromatic heterocycles. The van der Waals surface area contributed by atoms with Gasteiger partial charge in [0.05, 0.1) is 5.38 Å². The van der Waals surface area contributed by atoms with Crippen LogP contribution >= 0.6 is 23.2 Å². The molecule has 1 unspecified atom stereocenters. The Hall–Kier alpha value is -0.730. The number of rotatable bonds is 1. The van der Waals surface area contributed by atoms with Gasteiger partial charge in [-0.25, -0.2) is 0 Å². The van der Waals surface area contributed by atoms with E-state index in [1.54, 1.807) is 29.2 Å². The van der Waals surface area contributed by atoms with Gasteiger partial charge in [0.15, 0.2) is 0 Å². The van der Waals surface area contributed by atoms with Crippen LogP contribution in [0, 0.1) is 0 Å². The lowest BCUT2D eigenvalue weighted by Crippen LogP contribution is -2.28. The molecule has 1 fully saturated rings. The number of amides is 1. The number of carbonyl (C=O) groups excluding carboxylic acids is 1. The van der Waals surface area contributed by atoms with E-state index >= 15 is 0 Å². The number of hydrogen-bond donors (Lipinski definition) is 0. The second kappa shape index (κ2) is 4.42. The fourth-order valence-electron chi connectivity index (χ4n) is 1.68. The minimum Gasteiger partial charge on any atom is -0.337 e. The summed E-state index contributed by atoms with van der Waals surface area (Å²) < 4.78 is 0. The summed E-state index contributed by atoms with van der Waals surface area (Å²) in [5.41, 5.74) is 0.671. The van der Waals surface area contributed by atoms with E-state index in [0.717, 1.165) is 13.0 Å². The summed E-state index contributed by atoms with van der Waals surface area (Å²) in [6.07, 6.45) is 0.876. The Labute approximate surface area is 98.8 Å². The van der Waals surface area contributed by atoms with E-state index in [1.165, 1.54) is 0 Å². The quantitative estimate of drug-likeness (QED) is 0.695. The van der Waals surface area contributed by atoms with Crippen molar-refractivity contribution in [3.8, 4) is 0 Å². The number of carbonyl (C=O) groups is 1. The van der Waals surface area contributed by atoms with Crippen LogP contribution in [0.5, 0.6) is 0 Å². The van der Waals surface area contributed by atoms with Gasteiger partial charge in [0.1, 0.15) is 0 Å². The first-order valence-corrected chi connectivity index (χ1v) is 5.67. The summed E-state index contributed by atoms with van der Waals surface area (Å²) in [5, 5.41) is 0.740. The average Bonchev–Trinajstić information content (AvgIpc) is 2.65. The van der Waals surface area contributed by atoms with E-state index in [2.05, 4.69) is 0 Å². The van der Waals surface area contributed by atoms with Gasteiger partial charge in [-0.2, -0.15) is 0 Å². The largest absolute Gasteiger partial charge is 0.337 e. The van der Waals surface area contributed by atoms with Crippen LogP contribution in [0.15, 0.2) is 24.3 Å². The number of nitrogens with zero attached hydrogens (tertiary/aromatic N) is 1. The molecule has 1 atom stereocenters. The van der Waals surface area contributed by atoms with E-state index in [4.69, 9.17) is 23.2 Å². The fraction of sp³-hybridized carbons (Fsp3) is 0.364. The molecular formula is C11H11Cl2NO. The fourth-order valence-corrected chi connectivity index (χ4v) is 2.07. The summed E-state index contributed by atoms with van der Waals surface area (Å²) in [6, 6.07) is 6.94. The summed E-state index contributed by atoms with van der Waals surface area (Å²) in [4.78, 5) is 13.7. The first-order valence-electron chi connectivity index (χ1n) is 4.86. The molecule has 0 spiro atoms. The van der Waals surface area contributed by atoms with Gasteiger partial charge in [0.25, 0.3) is 5.91 Å². The smallest absolute Gasteiger partial charge is 0.253 e. The van der Waals surface area contributed by atoms with E-state index in [9.17, 15) is 4.79 Å². The van der Waals surface area contributed by atoms with Crippen molar-refractivity contribution in [3.63, 3.8) is 0 Å². The highest BCUT2D eigenvalue weighted by Crippen LogP contribution is 2.18.